The number of hydrogen-bond donors (Lipinski definition) is 2. The minimum Gasteiger partial charge on any atom is -0.423 e. The van der Waals surface area contributed by atoms with Gasteiger partial charge in [0.15, 0.2) is 0 Å². The molecule has 62 valence electrons. The molecule has 1 aromatic heterocycles. The molecule has 1 heterocycles. The molecule has 6 heteroatoms. The van der Waals surface area contributed by atoms with Crippen LogP contribution in [0.25, 0.3) is 4.85 Å². The van der Waals surface area contributed by atoms with Crippen LogP contribution in [-0.4, -0.2) is 22.2 Å². The SMILES string of the molecule is [C-]#[N+]c1cc(B(O)O)cc(C#N)n1. The van der Waals surface area contributed by atoms with Crippen molar-refractivity contribution in [2.75, 3.05) is 0 Å². The van der Waals surface area contributed by atoms with Gasteiger partial charge in [-0.2, -0.15) is 5.26 Å². The highest BCUT2D eigenvalue weighted by Gasteiger charge is 2.14. The highest BCUT2D eigenvalue weighted by molar-refractivity contribution is 6.58. The van der Waals surface area contributed by atoms with E-state index in [1.54, 1.807) is 6.07 Å². The van der Waals surface area contributed by atoms with Crippen molar-refractivity contribution in [1.82, 2.24) is 4.98 Å². The number of aromatic nitrogens is 1. The zero-order chi connectivity index (χ0) is 9.84. The smallest absolute Gasteiger partial charge is 0.423 e. The summed E-state index contributed by atoms with van der Waals surface area (Å²) in [6, 6.07) is 4.16. The van der Waals surface area contributed by atoms with Crippen molar-refractivity contribution in [1.29, 1.82) is 5.26 Å². The fraction of sp³-hybridized carbons (Fsp3) is 0. The molecule has 0 atom stereocenters. The van der Waals surface area contributed by atoms with Gasteiger partial charge in [-0.05, 0) is 17.6 Å². The summed E-state index contributed by atoms with van der Waals surface area (Å²) >= 11 is 0. The predicted molar refractivity (Wildman–Crippen MR) is 45.0 cm³/mol. The number of nitrogens with zero attached hydrogens (tertiary/aromatic N) is 3. The average molecular weight is 173 g/mol. The van der Waals surface area contributed by atoms with Gasteiger partial charge in [0, 0.05) is 0 Å². The van der Waals surface area contributed by atoms with Crippen LogP contribution in [0.5, 0.6) is 0 Å². The summed E-state index contributed by atoms with van der Waals surface area (Å²) in [6.07, 6.45) is 0. The van der Waals surface area contributed by atoms with Crippen LogP contribution >= 0.6 is 0 Å². The Kier molecular flexibility index (Phi) is 2.60. The largest absolute Gasteiger partial charge is 0.487 e. The summed E-state index contributed by atoms with van der Waals surface area (Å²) in [7, 11) is -1.68. The second kappa shape index (κ2) is 3.68. The lowest BCUT2D eigenvalue weighted by atomic mass is 9.80. The van der Waals surface area contributed by atoms with Crippen molar-refractivity contribution in [3.8, 4) is 6.07 Å². The topological polar surface area (TPSA) is 81.5 Å². The first-order chi connectivity index (χ1) is 6.17. The summed E-state index contributed by atoms with van der Waals surface area (Å²) in [5, 5.41) is 26.0. The molecule has 0 aromatic carbocycles. The number of nitriles is 1. The minimum atomic E-state index is -1.68. The molecule has 0 aliphatic heterocycles. The van der Waals surface area contributed by atoms with Crippen LogP contribution in [0.2, 0.25) is 0 Å². The first-order valence-corrected chi connectivity index (χ1v) is 3.33. The molecule has 2 N–H and O–H groups in total. The Hall–Kier alpha value is -1.89. The van der Waals surface area contributed by atoms with E-state index in [0.717, 1.165) is 0 Å². The maximum absolute atomic E-state index is 8.78. The van der Waals surface area contributed by atoms with Gasteiger partial charge < -0.3 is 14.9 Å². The summed E-state index contributed by atoms with van der Waals surface area (Å²) in [5.74, 6) is -0.0258. The van der Waals surface area contributed by atoms with E-state index in [9.17, 15) is 0 Å². The van der Waals surface area contributed by atoms with Gasteiger partial charge in [0.2, 0.25) is 5.69 Å². The van der Waals surface area contributed by atoms with Gasteiger partial charge in [0.05, 0.1) is 0 Å². The molecule has 0 aliphatic carbocycles. The Labute approximate surface area is 74.9 Å². The molecular formula is C7H4BN3O2. The maximum Gasteiger partial charge on any atom is 0.487 e. The molecule has 0 radical (unpaired) electrons. The van der Waals surface area contributed by atoms with Gasteiger partial charge in [-0.25, -0.2) is 0 Å². The molecule has 0 aliphatic rings. The van der Waals surface area contributed by atoms with E-state index in [1.165, 1.54) is 12.1 Å². The molecule has 0 bridgehead atoms. The van der Waals surface area contributed by atoms with E-state index in [1.807, 2.05) is 0 Å². The van der Waals surface area contributed by atoms with Gasteiger partial charge in [0.25, 0.3) is 5.82 Å². The lowest BCUT2D eigenvalue weighted by molar-refractivity contribution is 0.425. The van der Waals surface area contributed by atoms with Crippen molar-refractivity contribution in [2.45, 2.75) is 0 Å². The van der Waals surface area contributed by atoms with Gasteiger partial charge in [-0.15, -0.1) is 4.98 Å². The quantitative estimate of drug-likeness (QED) is 0.429. The van der Waals surface area contributed by atoms with E-state index in [4.69, 9.17) is 21.9 Å². The van der Waals surface area contributed by atoms with Gasteiger partial charge >= 0.3 is 7.12 Å². The summed E-state index contributed by atoms with van der Waals surface area (Å²) < 4.78 is 0. The third-order valence-corrected chi connectivity index (χ3v) is 1.36. The Balaban J connectivity index is 3.27. The van der Waals surface area contributed by atoms with Crippen LogP contribution in [0.1, 0.15) is 5.69 Å². The fourth-order valence-corrected chi connectivity index (χ4v) is 0.800. The Morgan fingerprint density at radius 3 is 2.69 bits per heavy atom. The van der Waals surface area contributed by atoms with Crippen molar-refractivity contribution < 1.29 is 10.0 Å². The second-order valence-corrected chi connectivity index (χ2v) is 2.24. The van der Waals surface area contributed by atoms with Crippen LogP contribution < -0.4 is 5.46 Å². The van der Waals surface area contributed by atoms with Crippen LogP contribution in [-0.2, 0) is 0 Å². The average Bonchev–Trinajstić information content (AvgIpc) is 2.16. The molecule has 0 amide bonds. The second-order valence-electron chi connectivity index (χ2n) is 2.24. The summed E-state index contributed by atoms with van der Waals surface area (Å²) in [5.41, 5.74) is 0.0918. The Morgan fingerprint density at radius 2 is 2.23 bits per heavy atom. The van der Waals surface area contributed by atoms with Gasteiger partial charge in [-0.3, -0.25) is 0 Å². The molecule has 0 spiro atoms. The number of hydrogen-bond acceptors (Lipinski definition) is 4. The number of pyridine rings is 1. The van der Waals surface area contributed by atoms with Crippen LogP contribution in [0.3, 0.4) is 0 Å². The number of rotatable bonds is 1. The molecule has 1 rings (SSSR count). The molecule has 0 fully saturated rings. The zero-order valence-corrected chi connectivity index (χ0v) is 6.47. The highest BCUT2D eigenvalue weighted by Crippen LogP contribution is 2.05. The molecule has 0 saturated carbocycles. The molecule has 0 unspecified atom stereocenters. The van der Waals surface area contributed by atoms with E-state index >= 15 is 0 Å². The lowest BCUT2D eigenvalue weighted by Crippen LogP contribution is -2.30. The maximum atomic E-state index is 8.78. The van der Waals surface area contributed by atoms with Crippen molar-refractivity contribution in [3.05, 3.63) is 29.2 Å². The first-order valence-electron chi connectivity index (χ1n) is 3.33. The Morgan fingerprint density at radius 1 is 1.54 bits per heavy atom. The molecule has 0 saturated heterocycles. The van der Waals surface area contributed by atoms with E-state index in [2.05, 4.69) is 9.83 Å². The zero-order valence-electron chi connectivity index (χ0n) is 6.47. The van der Waals surface area contributed by atoms with E-state index in [-0.39, 0.29) is 17.0 Å². The molecule has 5 nitrogen and oxygen atoms in total. The van der Waals surface area contributed by atoms with Gasteiger partial charge in [-0.1, -0.05) is 6.57 Å². The van der Waals surface area contributed by atoms with E-state index in [0.29, 0.717) is 0 Å². The highest BCUT2D eigenvalue weighted by atomic mass is 16.4. The first kappa shape index (κ1) is 9.20. The summed E-state index contributed by atoms with van der Waals surface area (Å²) in [6.45, 7) is 6.64. The third-order valence-electron chi connectivity index (χ3n) is 1.36. The standard InChI is InChI=1S/C7H4BN3O2/c1-10-7-3-5(8(12)13)2-6(4-9)11-7/h2-3,12-13H. The molecule has 1 aromatic rings. The summed E-state index contributed by atoms with van der Waals surface area (Å²) in [4.78, 5) is 6.60. The van der Waals surface area contributed by atoms with Crippen LogP contribution in [0.15, 0.2) is 12.1 Å². The normalized spacial score (nSPS) is 8.62. The predicted octanol–water partition coefficient (Wildman–Crippen LogP) is -0.816. The monoisotopic (exact) mass is 173 g/mol. The minimum absolute atomic E-state index is 0.00315. The molecule has 13 heavy (non-hydrogen) atoms. The van der Waals surface area contributed by atoms with Crippen molar-refractivity contribution in [2.24, 2.45) is 0 Å². The van der Waals surface area contributed by atoms with Crippen molar-refractivity contribution in [3.63, 3.8) is 0 Å². The fourth-order valence-electron chi connectivity index (χ4n) is 0.800. The molecular weight excluding hydrogens is 169 g/mol. The Bertz CT molecular complexity index is 373. The lowest BCUT2D eigenvalue weighted by Gasteiger charge is -1.97. The van der Waals surface area contributed by atoms with Gasteiger partial charge in [0.1, 0.15) is 6.07 Å². The third kappa shape index (κ3) is 2.03. The van der Waals surface area contributed by atoms with Crippen molar-refractivity contribution >= 4 is 18.4 Å². The van der Waals surface area contributed by atoms with Crippen LogP contribution in [0, 0.1) is 17.9 Å². The van der Waals surface area contributed by atoms with Crippen LogP contribution in [0.4, 0.5) is 5.82 Å². The van der Waals surface area contributed by atoms with E-state index < -0.39 is 7.12 Å².